The molecule has 0 N–H and O–H groups in total. The largest absolute Gasteiger partial charge is 0.236 e. The van der Waals surface area contributed by atoms with Crippen LogP contribution >= 0.6 is 27.3 Å². The van der Waals surface area contributed by atoms with Gasteiger partial charge in [0.25, 0.3) is 0 Å². The number of hydrogen-bond acceptors (Lipinski definition) is 2. The minimum Gasteiger partial charge on any atom is -0.236 e. The van der Waals surface area contributed by atoms with Crippen LogP contribution in [0.3, 0.4) is 0 Å². The number of fused-ring (bicyclic) bond motifs is 1. The predicted octanol–water partition coefficient (Wildman–Crippen LogP) is 4.73. The highest BCUT2D eigenvalue weighted by Crippen LogP contribution is 2.31. The van der Waals surface area contributed by atoms with E-state index in [2.05, 4.69) is 39.1 Å². The van der Waals surface area contributed by atoms with Crippen LogP contribution < -0.4 is 0 Å². The van der Waals surface area contributed by atoms with E-state index in [1.807, 2.05) is 30.3 Å². The van der Waals surface area contributed by atoms with Gasteiger partial charge in [0.05, 0.1) is 10.2 Å². The highest BCUT2D eigenvalue weighted by atomic mass is 79.9. The van der Waals surface area contributed by atoms with Gasteiger partial charge in [-0.15, -0.1) is 11.3 Å². The summed E-state index contributed by atoms with van der Waals surface area (Å²) in [6, 6.07) is 16.5. The number of thiazole rings is 1. The fourth-order valence-electron chi connectivity index (χ4n) is 1.60. The Morgan fingerprint density at radius 1 is 1.00 bits per heavy atom. The Morgan fingerprint density at radius 2 is 1.81 bits per heavy atom. The number of nitrogens with zero attached hydrogens (tertiary/aromatic N) is 1. The van der Waals surface area contributed by atoms with E-state index in [4.69, 9.17) is 0 Å². The normalized spacial score (nSPS) is 10.8. The van der Waals surface area contributed by atoms with Crippen molar-refractivity contribution in [3.05, 3.63) is 53.0 Å². The van der Waals surface area contributed by atoms with Crippen LogP contribution in [-0.2, 0) is 0 Å². The average Bonchev–Trinajstić information content (AvgIpc) is 2.73. The zero-order valence-electron chi connectivity index (χ0n) is 8.35. The highest BCUT2D eigenvalue weighted by Gasteiger charge is 2.05. The van der Waals surface area contributed by atoms with Gasteiger partial charge >= 0.3 is 0 Å². The predicted molar refractivity (Wildman–Crippen MR) is 72.8 cm³/mol. The zero-order chi connectivity index (χ0) is 11.0. The molecule has 16 heavy (non-hydrogen) atoms. The van der Waals surface area contributed by atoms with Crippen LogP contribution in [0, 0.1) is 0 Å². The Labute approximate surface area is 106 Å². The van der Waals surface area contributed by atoms with Crippen molar-refractivity contribution in [2.75, 3.05) is 0 Å². The van der Waals surface area contributed by atoms with E-state index in [1.165, 1.54) is 10.3 Å². The lowest BCUT2D eigenvalue weighted by atomic mass is 10.2. The summed E-state index contributed by atoms with van der Waals surface area (Å²) in [7, 11) is 0. The molecule has 0 saturated carbocycles. The molecule has 0 unspecified atom stereocenters. The average molecular weight is 290 g/mol. The van der Waals surface area contributed by atoms with Crippen LogP contribution in [0.25, 0.3) is 20.8 Å². The highest BCUT2D eigenvalue weighted by molar-refractivity contribution is 9.10. The van der Waals surface area contributed by atoms with Crippen molar-refractivity contribution in [1.29, 1.82) is 0 Å². The molecule has 0 aliphatic heterocycles. The Hall–Kier alpha value is -1.19. The Kier molecular flexibility index (Phi) is 2.50. The molecule has 3 aromatic rings. The van der Waals surface area contributed by atoms with Gasteiger partial charge in [-0.3, -0.25) is 0 Å². The van der Waals surface area contributed by atoms with Crippen molar-refractivity contribution >= 4 is 37.5 Å². The van der Waals surface area contributed by atoms with Crippen LogP contribution in [0.1, 0.15) is 0 Å². The van der Waals surface area contributed by atoms with Gasteiger partial charge in [0.2, 0.25) is 0 Å². The molecule has 0 bridgehead atoms. The molecule has 0 spiro atoms. The van der Waals surface area contributed by atoms with Gasteiger partial charge in [-0.1, -0.05) is 46.3 Å². The van der Waals surface area contributed by atoms with Gasteiger partial charge in [-0.25, -0.2) is 4.98 Å². The first-order chi connectivity index (χ1) is 7.83. The van der Waals surface area contributed by atoms with Crippen molar-refractivity contribution in [2.24, 2.45) is 0 Å². The van der Waals surface area contributed by atoms with Crippen LogP contribution in [0.4, 0.5) is 0 Å². The van der Waals surface area contributed by atoms with E-state index in [9.17, 15) is 0 Å². The maximum absolute atomic E-state index is 4.62. The van der Waals surface area contributed by atoms with Gasteiger partial charge in [-0.2, -0.15) is 0 Å². The molecule has 1 heterocycles. The second-order valence-electron chi connectivity index (χ2n) is 3.50. The Balaban J connectivity index is 2.19. The lowest BCUT2D eigenvalue weighted by Gasteiger charge is -1.92. The van der Waals surface area contributed by atoms with Crippen molar-refractivity contribution < 1.29 is 0 Å². The first-order valence-corrected chi connectivity index (χ1v) is 6.55. The first-order valence-electron chi connectivity index (χ1n) is 4.94. The quantitative estimate of drug-likeness (QED) is 0.631. The molecule has 1 nitrogen and oxygen atoms in total. The SMILES string of the molecule is Brc1ccc2nc(-c3ccccc3)sc2c1. The molecule has 3 rings (SSSR count). The Bertz CT molecular complexity index is 631. The summed E-state index contributed by atoms with van der Waals surface area (Å²) in [5, 5.41) is 1.08. The summed E-state index contributed by atoms with van der Waals surface area (Å²) < 4.78 is 2.32. The molecule has 78 valence electrons. The maximum Gasteiger partial charge on any atom is 0.124 e. The van der Waals surface area contributed by atoms with Gasteiger partial charge in [0.1, 0.15) is 5.01 Å². The summed E-state index contributed by atoms with van der Waals surface area (Å²) in [4.78, 5) is 4.62. The fourth-order valence-corrected chi connectivity index (χ4v) is 3.13. The van der Waals surface area contributed by atoms with E-state index in [-0.39, 0.29) is 0 Å². The van der Waals surface area contributed by atoms with E-state index < -0.39 is 0 Å². The molecular weight excluding hydrogens is 282 g/mol. The molecule has 0 atom stereocenters. The van der Waals surface area contributed by atoms with Gasteiger partial charge < -0.3 is 0 Å². The zero-order valence-corrected chi connectivity index (χ0v) is 10.8. The van der Waals surface area contributed by atoms with E-state index in [0.717, 1.165) is 15.0 Å². The van der Waals surface area contributed by atoms with Gasteiger partial charge in [0, 0.05) is 10.0 Å². The second kappa shape index (κ2) is 4.00. The molecule has 0 aliphatic rings. The lowest BCUT2D eigenvalue weighted by molar-refractivity contribution is 1.47. The molecule has 0 amide bonds. The van der Waals surface area contributed by atoms with Crippen molar-refractivity contribution in [3.63, 3.8) is 0 Å². The van der Waals surface area contributed by atoms with Gasteiger partial charge in [-0.05, 0) is 18.2 Å². The molecule has 0 radical (unpaired) electrons. The number of hydrogen-bond donors (Lipinski definition) is 0. The number of halogens is 1. The minimum atomic E-state index is 1.06. The molecule has 0 saturated heterocycles. The third-order valence-electron chi connectivity index (χ3n) is 2.37. The topological polar surface area (TPSA) is 12.9 Å². The minimum absolute atomic E-state index is 1.06. The van der Waals surface area contributed by atoms with E-state index in [0.29, 0.717) is 0 Å². The molecular formula is C13H8BrNS. The molecule has 2 aromatic carbocycles. The van der Waals surface area contributed by atoms with E-state index >= 15 is 0 Å². The maximum atomic E-state index is 4.62. The molecule has 0 fully saturated rings. The van der Waals surface area contributed by atoms with Crippen LogP contribution in [0.2, 0.25) is 0 Å². The molecule has 1 aromatic heterocycles. The van der Waals surface area contributed by atoms with Crippen molar-refractivity contribution in [3.8, 4) is 10.6 Å². The van der Waals surface area contributed by atoms with Crippen molar-refractivity contribution in [1.82, 2.24) is 4.98 Å². The summed E-state index contributed by atoms with van der Waals surface area (Å²) in [6.07, 6.45) is 0. The van der Waals surface area contributed by atoms with E-state index in [1.54, 1.807) is 11.3 Å². The third kappa shape index (κ3) is 1.77. The smallest absolute Gasteiger partial charge is 0.124 e. The Morgan fingerprint density at radius 3 is 2.62 bits per heavy atom. The summed E-state index contributed by atoms with van der Waals surface area (Å²) in [5.74, 6) is 0. The molecule has 0 aliphatic carbocycles. The first kappa shape index (κ1) is 10.00. The van der Waals surface area contributed by atoms with Gasteiger partial charge in [0.15, 0.2) is 0 Å². The number of aromatic nitrogens is 1. The number of rotatable bonds is 1. The number of benzene rings is 2. The standard InChI is InChI=1S/C13H8BrNS/c14-10-6-7-11-12(8-10)16-13(15-11)9-4-2-1-3-5-9/h1-8H. The molecule has 3 heteroatoms. The monoisotopic (exact) mass is 289 g/mol. The summed E-state index contributed by atoms with van der Waals surface area (Å²) in [5.41, 5.74) is 2.24. The van der Waals surface area contributed by atoms with Crippen molar-refractivity contribution in [2.45, 2.75) is 0 Å². The third-order valence-corrected chi connectivity index (χ3v) is 3.93. The van der Waals surface area contributed by atoms with Crippen LogP contribution in [0.5, 0.6) is 0 Å². The lowest BCUT2D eigenvalue weighted by Crippen LogP contribution is -1.73. The summed E-state index contributed by atoms with van der Waals surface area (Å²) >= 11 is 5.20. The van der Waals surface area contributed by atoms with Crippen LogP contribution in [-0.4, -0.2) is 4.98 Å². The summed E-state index contributed by atoms with van der Waals surface area (Å²) in [6.45, 7) is 0. The fraction of sp³-hybridized carbons (Fsp3) is 0. The second-order valence-corrected chi connectivity index (χ2v) is 5.44. The van der Waals surface area contributed by atoms with Crippen LogP contribution in [0.15, 0.2) is 53.0 Å².